The number of quaternary nitrogens is 1. The fraction of sp³-hybridized carbons (Fsp3) is 0.318. The number of carbonyl (C=O) groups excluding carboxylic acids is 1. The summed E-state index contributed by atoms with van der Waals surface area (Å²) in [6.45, 7) is 2.61. The molecule has 0 radical (unpaired) electrons. The quantitative estimate of drug-likeness (QED) is 0.674. The minimum Gasteiger partial charge on any atom is -0.344 e. The number of fused-ring (bicyclic) bond motifs is 1. The number of hydrogen-bond acceptors (Lipinski definition) is 3. The summed E-state index contributed by atoms with van der Waals surface area (Å²) in [7, 11) is 5.71. The predicted molar refractivity (Wildman–Crippen MR) is 111 cm³/mol. The Morgan fingerprint density at radius 2 is 1.75 bits per heavy atom. The highest BCUT2D eigenvalue weighted by atomic mass is 16.2. The van der Waals surface area contributed by atoms with Crippen LogP contribution >= 0.6 is 0 Å². The van der Waals surface area contributed by atoms with Gasteiger partial charge < -0.3 is 10.2 Å². The van der Waals surface area contributed by atoms with Crippen LogP contribution in [0, 0.1) is 0 Å². The molecule has 0 saturated heterocycles. The molecular weight excluding hydrogens is 352 g/mol. The highest BCUT2D eigenvalue weighted by molar-refractivity contribution is 6.04. The van der Waals surface area contributed by atoms with Gasteiger partial charge in [-0.3, -0.25) is 9.59 Å². The Bertz CT molecular complexity index is 1040. The van der Waals surface area contributed by atoms with Crippen LogP contribution < -0.4 is 15.8 Å². The molecule has 1 amide bonds. The van der Waals surface area contributed by atoms with E-state index >= 15 is 0 Å². The summed E-state index contributed by atoms with van der Waals surface area (Å²) in [5.74, 6) is -0.275. The van der Waals surface area contributed by atoms with Crippen LogP contribution in [0.4, 0.5) is 0 Å². The van der Waals surface area contributed by atoms with Gasteiger partial charge in [-0.1, -0.05) is 49.4 Å². The Morgan fingerprint density at radius 3 is 2.36 bits per heavy atom. The van der Waals surface area contributed by atoms with Crippen molar-refractivity contribution >= 4 is 16.7 Å². The zero-order valence-corrected chi connectivity index (χ0v) is 16.8. The molecule has 1 aromatic heterocycles. The summed E-state index contributed by atoms with van der Waals surface area (Å²) in [5.41, 5.74) is 2.53. The summed E-state index contributed by atoms with van der Waals surface area (Å²) >= 11 is 0. The van der Waals surface area contributed by atoms with Crippen molar-refractivity contribution in [2.75, 3.05) is 20.6 Å². The maximum atomic E-state index is 12.9. The van der Waals surface area contributed by atoms with E-state index in [2.05, 4.69) is 55.7 Å². The molecule has 2 N–H and O–H groups in total. The van der Waals surface area contributed by atoms with Crippen LogP contribution in [0.2, 0.25) is 0 Å². The van der Waals surface area contributed by atoms with Crippen LogP contribution in [0.15, 0.2) is 53.3 Å². The third-order valence-electron chi connectivity index (χ3n) is 5.13. The standard InChI is InChI=1S/C22H26N4O2/c1-5-15-10-12-16(13-11-15)19(25(2)3)14-23-21(27)20-17-8-6-7-9-18(17)22(28)26(4)24-20/h6-13,19H,5,14H2,1-4H3,(H,23,27)/p+1/t19-/m0/s1. The van der Waals surface area contributed by atoms with Gasteiger partial charge in [-0.05, 0) is 18.1 Å². The van der Waals surface area contributed by atoms with Crippen molar-refractivity contribution in [1.82, 2.24) is 15.1 Å². The molecular formula is C22H27N4O2+. The van der Waals surface area contributed by atoms with Crippen LogP contribution in [0.5, 0.6) is 0 Å². The van der Waals surface area contributed by atoms with E-state index in [-0.39, 0.29) is 23.2 Å². The van der Waals surface area contributed by atoms with Crippen molar-refractivity contribution in [1.29, 1.82) is 0 Å². The number of aromatic nitrogens is 2. The highest BCUT2D eigenvalue weighted by Crippen LogP contribution is 2.14. The van der Waals surface area contributed by atoms with Gasteiger partial charge in [0.25, 0.3) is 11.5 Å². The molecule has 0 aliphatic carbocycles. The monoisotopic (exact) mass is 379 g/mol. The molecule has 0 aliphatic rings. The van der Waals surface area contributed by atoms with Crippen LogP contribution in [-0.4, -0.2) is 36.3 Å². The van der Waals surface area contributed by atoms with Gasteiger partial charge in [0.05, 0.1) is 26.0 Å². The van der Waals surface area contributed by atoms with Crippen LogP contribution in [-0.2, 0) is 13.5 Å². The largest absolute Gasteiger partial charge is 0.344 e. The molecule has 0 saturated carbocycles. The Morgan fingerprint density at radius 1 is 1.11 bits per heavy atom. The van der Waals surface area contributed by atoms with Crippen molar-refractivity contribution in [3.63, 3.8) is 0 Å². The van der Waals surface area contributed by atoms with E-state index in [1.807, 2.05) is 6.07 Å². The minimum atomic E-state index is -0.275. The number of amides is 1. The molecule has 3 aromatic rings. The lowest BCUT2D eigenvalue weighted by atomic mass is 10.0. The van der Waals surface area contributed by atoms with Gasteiger partial charge in [0, 0.05) is 18.0 Å². The fourth-order valence-electron chi connectivity index (χ4n) is 3.39. The number of aryl methyl sites for hydroxylation is 2. The molecule has 1 heterocycles. The molecule has 6 nitrogen and oxygen atoms in total. The topological polar surface area (TPSA) is 68.4 Å². The zero-order valence-electron chi connectivity index (χ0n) is 16.8. The van der Waals surface area contributed by atoms with E-state index in [4.69, 9.17) is 0 Å². The van der Waals surface area contributed by atoms with Gasteiger partial charge in [-0.15, -0.1) is 0 Å². The third-order valence-corrected chi connectivity index (χ3v) is 5.13. The molecule has 146 valence electrons. The first-order chi connectivity index (χ1) is 13.4. The second kappa shape index (κ2) is 8.35. The summed E-state index contributed by atoms with van der Waals surface area (Å²) < 4.78 is 1.22. The number of rotatable bonds is 6. The molecule has 0 bridgehead atoms. The molecule has 0 spiro atoms. The maximum absolute atomic E-state index is 12.9. The van der Waals surface area contributed by atoms with Gasteiger partial charge >= 0.3 is 0 Å². The fourth-order valence-corrected chi connectivity index (χ4v) is 3.39. The van der Waals surface area contributed by atoms with Crippen LogP contribution in [0.25, 0.3) is 10.8 Å². The summed E-state index contributed by atoms with van der Waals surface area (Å²) in [4.78, 5) is 26.4. The molecule has 2 aromatic carbocycles. The van der Waals surface area contributed by atoms with Gasteiger partial charge in [0.1, 0.15) is 6.04 Å². The molecule has 0 fully saturated rings. The Balaban J connectivity index is 1.85. The van der Waals surface area contributed by atoms with E-state index in [1.165, 1.54) is 20.7 Å². The number of benzene rings is 2. The second-order valence-electron chi connectivity index (χ2n) is 7.26. The van der Waals surface area contributed by atoms with E-state index in [1.54, 1.807) is 25.2 Å². The van der Waals surface area contributed by atoms with Crippen molar-refractivity contribution in [2.45, 2.75) is 19.4 Å². The average molecular weight is 379 g/mol. The van der Waals surface area contributed by atoms with Crippen molar-refractivity contribution < 1.29 is 9.69 Å². The lowest BCUT2D eigenvalue weighted by Gasteiger charge is -2.22. The van der Waals surface area contributed by atoms with E-state index in [0.29, 0.717) is 17.3 Å². The van der Waals surface area contributed by atoms with Crippen LogP contribution in [0.1, 0.15) is 34.6 Å². The summed E-state index contributed by atoms with van der Waals surface area (Å²) in [6.07, 6.45) is 1.00. The van der Waals surface area contributed by atoms with Gasteiger partial charge in [-0.25, -0.2) is 4.68 Å². The zero-order chi connectivity index (χ0) is 20.3. The van der Waals surface area contributed by atoms with Gasteiger partial charge in [0.2, 0.25) is 0 Å². The van der Waals surface area contributed by atoms with E-state index in [0.717, 1.165) is 6.42 Å². The maximum Gasteiger partial charge on any atom is 0.274 e. The molecule has 0 unspecified atom stereocenters. The molecule has 1 atom stereocenters. The molecule has 0 aliphatic heterocycles. The highest BCUT2D eigenvalue weighted by Gasteiger charge is 2.21. The molecule has 28 heavy (non-hydrogen) atoms. The Kier molecular flexibility index (Phi) is 5.90. The normalized spacial score (nSPS) is 12.3. The lowest BCUT2D eigenvalue weighted by molar-refractivity contribution is -0.890. The smallest absolute Gasteiger partial charge is 0.274 e. The number of hydrogen-bond donors (Lipinski definition) is 2. The average Bonchev–Trinajstić information content (AvgIpc) is 2.71. The summed E-state index contributed by atoms with van der Waals surface area (Å²) in [6, 6.07) is 15.7. The number of nitrogens with zero attached hydrogens (tertiary/aromatic N) is 2. The SMILES string of the molecule is CCc1ccc([C@H](CNC(=O)c2nn(C)c(=O)c3ccccc23)[NH+](C)C)cc1. The number of nitrogens with one attached hydrogen (secondary N) is 2. The van der Waals surface area contributed by atoms with Crippen molar-refractivity contribution in [3.8, 4) is 0 Å². The Labute approximate surface area is 164 Å². The number of likely N-dealkylation sites (N-methyl/N-ethyl adjacent to an activating group) is 1. The first kappa shape index (κ1) is 19.8. The second-order valence-corrected chi connectivity index (χ2v) is 7.26. The van der Waals surface area contributed by atoms with Gasteiger partial charge in [-0.2, -0.15) is 5.10 Å². The van der Waals surface area contributed by atoms with Crippen molar-refractivity contribution in [2.24, 2.45) is 7.05 Å². The summed E-state index contributed by atoms with van der Waals surface area (Å²) in [5, 5.41) is 8.28. The lowest BCUT2D eigenvalue weighted by Crippen LogP contribution is -3.07. The van der Waals surface area contributed by atoms with E-state index in [9.17, 15) is 9.59 Å². The first-order valence-corrected chi connectivity index (χ1v) is 9.55. The minimum absolute atomic E-state index is 0.119. The van der Waals surface area contributed by atoms with E-state index < -0.39 is 0 Å². The number of carbonyl (C=O) groups is 1. The predicted octanol–water partition coefficient (Wildman–Crippen LogP) is 1.11. The van der Waals surface area contributed by atoms with Gasteiger partial charge in [0.15, 0.2) is 5.69 Å². The Hall–Kier alpha value is -2.99. The molecule has 3 rings (SSSR count). The molecule has 6 heteroatoms. The van der Waals surface area contributed by atoms with Crippen molar-refractivity contribution in [3.05, 3.63) is 75.7 Å². The third kappa shape index (κ3) is 3.97. The first-order valence-electron chi connectivity index (χ1n) is 9.55. The van der Waals surface area contributed by atoms with Crippen LogP contribution in [0.3, 0.4) is 0 Å².